The Morgan fingerprint density at radius 3 is 2.62 bits per heavy atom. The Labute approximate surface area is 78.9 Å². The van der Waals surface area contributed by atoms with E-state index in [1.807, 2.05) is 6.92 Å². The van der Waals surface area contributed by atoms with Crippen molar-refractivity contribution in [2.24, 2.45) is 5.73 Å². The molecular weight excluding hydrogens is 164 g/mol. The van der Waals surface area contributed by atoms with Crippen molar-refractivity contribution in [2.75, 3.05) is 7.11 Å². The maximum atomic E-state index is 5.58. The second-order valence-electron chi connectivity index (χ2n) is 2.96. The monoisotopic (exact) mass is 180 g/mol. The molecule has 0 saturated heterocycles. The van der Waals surface area contributed by atoms with E-state index < -0.39 is 0 Å². The van der Waals surface area contributed by atoms with Crippen LogP contribution < -0.4 is 10.5 Å². The lowest BCUT2D eigenvalue weighted by atomic mass is 10.1. The van der Waals surface area contributed by atoms with Gasteiger partial charge in [-0.1, -0.05) is 6.92 Å². The summed E-state index contributed by atoms with van der Waals surface area (Å²) in [5.41, 5.74) is 8.82. The summed E-state index contributed by atoms with van der Waals surface area (Å²) in [5.74, 6) is 0.650. The Hall–Kier alpha value is -1.09. The van der Waals surface area contributed by atoms with E-state index >= 15 is 0 Å². The van der Waals surface area contributed by atoms with Crippen molar-refractivity contribution >= 4 is 0 Å². The van der Waals surface area contributed by atoms with Crippen molar-refractivity contribution in [3.63, 3.8) is 0 Å². The molecule has 0 saturated carbocycles. The van der Waals surface area contributed by atoms with Crippen LogP contribution in [0.3, 0.4) is 0 Å². The molecule has 0 atom stereocenters. The van der Waals surface area contributed by atoms with Crippen LogP contribution in [0.2, 0.25) is 0 Å². The first-order valence-corrected chi connectivity index (χ1v) is 4.46. The number of hydrogen-bond acceptors (Lipinski definition) is 3. The van der Waals surface area contributed by atoms with Gasteiger partial charge in [-0.05, 0) is 25.0 Å². The zero-order chi connectivity index (χ0) is 9.84. The molecule has 13 heavy (non-hydrogen) atoms. The molecule has 0 aliphatic rings. The predicted molar refractivity (Wildman–Crippen MR) is 52.8 cm³/mol. The number of nitrogens with two attached hydrogens (primary N) is 1. The van der Waals surface area contributed by atoms with Crippen LogP contribution in [-0.4, -0.2) is 12.1 Å². The minimum Gasteiger partial charge on any atom is -0.481 e. The van der Waals surface area contributed by atoms with E-state index in [4.69, 9.17) is 10.5 Å². The Kier molecular flexibility index (Phi) is 3.25. The number of aryl methyl sites for hydroxylation is 2. The molecule has 0 aliphatic heterocycles. The maximum Gasteiger partial charge on any atom is 0.217 e. The topological polar surface area (TPSA) is 48.1 Å². The van der Waals surface area contributed by atoms with Crippen LogP contribution in [-0.2, 0) is 13.0 Å². The molecule has 3 nitrogen and oxygen atoms in total. The largest absolute Gasteiger partial charge is 0.481 e. The van der Waals surface area contributed by atoms with E-state index in [0.717, 1.165) is 17.7 Å². The van der Waals surface area contributed by atoms with E-state index in [1.54, 1.807) is 7.11 Å². The Bertz CT molecular complexity index is 297. The first-order valence-electron chi connectivity index (χ1n) is 4.46. The van der Waals surface area contributed by atoms with E-state index in [9.17, 15) is 0 Å². The molecule has 0 spiro atoms. The van der Waals surface area contributed by atoms with Gasteiger partial charge in [0.25, 0.3) is 0 Å². The van der Waals surface area contributed by atoms with Crippen molar-refractivity contribution in [1.29, 1.82) is 0 Å². The van der Waals surface area contributed by atoms with E-state index in [2.05, 4.69) is 18.0 Å². The summed E-state index contributed by atoms with van der Waals surface area (Å²) >= 11 is 0. The Balaban J connectivity index is 3.18. The molecule has 1 rings (SSSR count). The molecule has 1 aromatic rings. The SMILES string of the molecule is CCc1cc(CN)c(OC)nc1C. The van der Waals surface area contributed by atoms with Crippen molar-refractivity contribution < 1.29 is 4.74 Å². The summed E-state index contributed by atoms with van der Waals surface area (Å²) in [5, 5.41) is 0. The van der Waals surface area contributed by atoms with Crippen molar-refractivity contribution in [3.8, 4) is 5.88 Å². The number of aromatic nitrogens is 1. The predicted octanol–water partition coefficient (Wildman–Crippen LogP) is 1.42. The molecule has 0 aromatic carbocycles. The average molecular weight is 180 g/mol. The second kappa shape index (κ2) is 4.23. The van der Waals surface area contributed by atoms with Crippen LogP contribution in [0.4, 0.5) is 0 Å². The number of nitrogens with zero attached hydrogens (tertiary/aromatic N) is 1. The van der Waals surface area contributed by atoms with Gasteiger partial charge < -0.3 is 10.5 Å². The van der Waals surface area contributed by atoms with Crippen molar-refractivity contribution in [2.45, 2.75) is 26.8 Å². The highest BCUT2D eigenvalue weighted by molar-refractivity contribution is 5.33. The molecule has 2 N–H and O–H groups in total. The fraction of sp³-hybridized carbons (Fsp3) is 0.500. The van der Waals surface area contributed by atoms with Crippen molar-refractivity contribution in [1.82, 2.24) is 4.98 Å². The molecule has 0 bridgehead atoms. The maximum absolute atomic E-state index is 5.58. The first kappa shape index (κ1) is 9.99. The van der Waals surface area contributed by atoms with Crippen LogP contribution in [0.25, 0.3) is 0 Å². The molecule has 0 amide bonds. The van der Waals surface area contributed by atoms with Gasteiger partial charge in [0.05, 0.1) is 7.11 Å². The summed E-state index contributed by atoms with van der Waals surface area (Å²) < 4.78 is 5.13. The fourth-order valence-corrected chi connectivity index (χ4v) is 1.35. The third-order valence-corrected chi connectivity index (χ3v) is 2.15. The lowest BCUT2D eigenvalue weighted by Crippen LogP contribution is -2.04. The lowest BCUT2D eigenvalue weighted by Gasteiger charge is -2.09. The summed E-state index contributed by atoms with van der Waals surface area (Å²) in [6.45, 7) is 4.57. The smallest absolute Gasteiger partial charge is 0.217 e. The molecule has 1 aromatic heterocycles. The van der Waals surface area contributed by atoms with Gasteiger partial charge in [0.2, 0.25) is 5.88 Å². The lowest BCUT2D eigenvalue weighted by molar-refractivity contribution is 0.391. The Morgan fingerprint density at radius 1 is 1.46 bits per heavy atom. The Morgan fingerprint density at radius 2 is 2.15 bits per heavy atom. The van der Waals surface area contributed by atoms with Crippen molar-refractivity contribution in [3.05, 3.63) is 22.9 Å². The molecule has 0 aliphatic carbocycles. The summed E-state index contributed by atoms with van der Waals surface area (Å²) in [4.78, 5) is 4.33. The van der Waals surface area contributed by atoms with Gasteiger partial charge in [-0.15, -0.1) is 0 Å². The number of pyridine rings is 1. The van der Waals surface area contributed by atoms with E-state index in [0.29, 0.717) is 12.4 Å². The minimum atomic E-state index is 0.476. The van der Waals surface area contributed by atoms with Gasteiger partial charge in [0, 0.05) is 17.8 Å². The molecule has 72 valence electrons. The number of rotatable bonds is 3. The van der Waals surface area contributed by atoms with E-state index in [-0.39, 0.29) is 0 Å². The molecule has 1 heterocycles. The van der Waals surface area contributed by atoms with Gasteiger partial charge >= 0.3 is 0 Å². The number of methoxy groups -OCH3 is 1. The molecule has 3 heteroatoms. The van der Waals surface area contributed by atoms with Crippen LogP contribution in [0.5, 0.6) is 5.88 Å². The summed E-state index contributed by atoms with van der Waals surface area (Å²) in [6.07, 6.45) is 0.982. The highest BCUT2D eigenvalue weighted by atomic mass is 16.5. The van der Waals surface area contributed by atoms with Gasteiger partial charge in [0.1, 0.15) is 0 Å². The standard InChI is InChI=1S/C10H16N2O/c1-4-8-5-9(6-11)10(13-3)12-7(8)2/h5H,4,6,11H2,1-3H3. The first-order chi connectivity index (χ1) is 6.22. The molecular formula is C10H16N2O. The highest BCUT2D eigenvalue weighted by Crippen LogP contribution is 2.18. The fourth-order valence-electron chi connectivity index (χ4n) is 1.35. The summed E-state index contributed by atoms with van der Waals surface area (Å²) in [7, 11) is 1.62. The number of ether oxygens (including phenoxy) is 1. The quantitative estimate of drug-likeness (QED) is 0.765. The average Bonchev–Trinajstić information content (AvgIpc) is 2.17. The third kappa shape index (κ3) is 1.98. The summed E-state index contributed by atoms with van der Waals surface area (Å²) in [6, 6.07) is 2.07. The van der Waals surface area contributed by atoms with E-state index in [1.165, 1.54) is 5.56 Å². The molecule has 0 fully saturated rings. The van der Waals surface area contributed by atoms with Crippen LogP contribution in [0.1, 0.15) is 23.7 Å². The molecule has 0 unspecified atom stereocenters. The normalized spacial score (nSPS) is 10.2. The van der Waals surface area contributed by atoms with Gasteiger partial charge in [0.15, 0.2) is 0 Å². The zero-order valence-corrected chi connectivity index (χ0v) is 8.42. The second-order valence-corrected chi connectivity index (χ2v) is 2.96. The minimum absolute atomic E-state index is 0.476. The van der Waals surface area contributed by atoms with Crippen LogP contribution in [0, 0.1) is 6.92 Å². The highest BCUT2D eigenvalue weighted by Gasteiger charge is 2.06. The van der Waals surface area contributed by atoms with Crippen LogP contribution in [0.15, 0.2) is 6.07 Å². The van der Waals surface area contributed by atoms with Gasteiger partial charge in [-0.2, -0.15) is 0 Å². The third-order valence-electron chi connectivity index (χ3n) is 2.15. The molecule has 0 radical (unpaired) electrons. The van der Waals surface area contributed by atoms with Gasteiger partial charge in [-0.25, -0.2) is 4.98 Å². The number of hydrogen-bond donors (Lipinski definition) is 1. The van der Waals surface area contributed by atoms with Gasteiger partial charge in [-0.3, -0.25) is 0 Å². The zero-order valence-electron chi connectivity index (χ0n) is 8.42. The van der Waals surface area contributed by atoms with Crippen LogP contribution >= 0.6 is 0 Å².